The van der Waals surface area contributed by atoms with Gasteiger partial charge >= 0.3 is 6.18 Å². The molecule has 0 aromatic carbocycles. The summed E-state index contributed by atoms with van der Waals surface area (Å²) in [5, 5.41) is 6.18. The molecule has 126 valence electrons. The predicted molar refractivity (Wildman–Crippen MR) is 83.9 cm³/mol. The topological polar surface area (TPSA) is 80.9 Å². The van der Waals surface area contributed by atoms with E-state index in [1.165, 1.54) is 10.7 Å². The zero-order valence-corrected chi connectivity index (χ0v) is 12.6. The number of rotatable bonds is 3. The van der Waals surface area contributed by atoms with Crippen molar-refractivity contribution in [2.24, 2.45) is 0 Å². The monoisotopic (exact) mass is 345 g/mol. The van der Waals surface area contributed by atoms with Gasteiger partial charge in [0.2, 0.25) is 5.95 Å². The van der Waals surface area contributed by atoms with Crippen LogP contribution in [0.5, 0.6) is 0 Å². The Kier molecular flexibility index (Phi) is 3.45. The summed E-state index contributed by atoms with van der Waals surface area (Å²) < 4.78 is 38.3. The summed E-state index contributed by atoms with van der Waals surface area (Å²) >= 11 is 0. The maximum Gasteiger partial charge on any atom is 0.405 e. The van der Waals surface area contributed by atoms with Crippen LogP contribution in [0.3, 0.4) is 0 Å². The molecule has 0 unspecified atom stereocenters. The first-order valence-electron chi connectivity index (χ1n) is 7.22. The fourth-order valence-corrected chi connectivity index (χ4v) is 2.41. The van der Waals surface area contributed by atoms with E-state index in [1.807, 2.05) is 6.07 Å². The summed E-state index contributed by atoms with van der Waals surface area (Å²) in [5.74, 6) is -0.102. The van der Waals surface area contributed by atoms with Gasteiger partial charge < -0.3 is 5.32 Å². The second-order valence-corrected chi connectivity index (χ2v) is 5.23. The predicted octanol–water partition coefficient (Wildman–Crippen LogP) is 2.71. The second-order valence-electron chi connectivity index (χ2n) is 5.23. The summed E-state index contributed by atoms with van der Waals surface area (Å²) in [6, 6.07) is 3.62. The van der Waals surface area contributed by atoms with Crippen molar-refractivity contribution in [3.63, 3.8) is 0 Å². The van der Waals surface area contributed by atoms with Gasteiger partial charge in [-0.3, -0.25) is 4.98 Å². The lowest BCUT2D eigenvalue weighted by Crippen LogP contribution is -2.22. The van der Waals surface area contributed by atoms with Crippen LogP contribution in [0.4, 0.5) is 19.1 Å². The lowest BCUT2D eigenvalue weighted by molar-refractivity contribution is -0.115. The molecule has 0 fully saturated rings. The molecule has 7 nitrogen and oxygen atoms in total. The number of hydrogen-bond acceptors (Lipinski definition) is 6. The molecule has 1 N–H and O–H groups in total. The van der Waals surface area contributed by atoms with Crippen molar-refractivity contribution in [1.82, 2.24) is 29.5 Å². The summed E-state index contributed by atoms with van der Waals surface area (Å²) in [6.07, 6.45) is 3.56. The average molecular weight is 345 g/mol. The highest BCUT2D eigenvalue weighted by molar-refractivity contribution is 5.84. The normalized spacial score (nSPS) is 12.0. The third-order valence-corrected chi connectivity index (χ3v) is 3.50. The number of halogens is 3. The molecule has 0 amide bonds. The van der Waals surface area contributed by atoms with Crippen molar-refractivity contribution in [2.45, 2.75) is 6.18 Å². The van der Waals surface area contributed by atoms with Crippen LogP contribution in [-0.2, 0) is 0 Å². The number of fused-ring (bicyclic) bond motifs is 2. The third-order valence-electron chi connectivity index (χ3n) is 3.50. The molecular weight excluding hydrogens is 335 g/mol. The number of anilines is 1. The first kappa shape index (κ1) is 15.2. The quantitative estimate of drug-likeness (QED) is 0.615. The van der Waals surface area contributed by atoms with Gasteiger partial charge in [0, 0.05) is 35.9 Å². The van der Waals surface area contributed by atoms with Gasteiger partial charge in [0.25, 0.3) is 0 Å². The molecule has 0 saturated heterocycles. The third kappa shape index (κ3) is 3.05. The molecule has 0 aliphatic carbocycles. The molecule has 0 spiro atoms. The molecule has 10 heteroatoms. The Labute approximate surface area is 138 Å². The van der Waals surface area contributed by atoms with E-state index in [-0.39, 0.29) is 5.95 Å². The number of alkyl halides is 3. The Balaban J connectivity index is 1.70. The molecule has 4 aromatic rings. The van der Waals surface area contributed by atoms with E-state index < -0.39 is 12.7 Å². The Morgan fingerprint density at radius 3 is 2.72 bits per heavy atom. The van der Waals surface area contributed by atoms with Gasteiger partial charge in [-0.2, -0.15) is 13.2 Å². The summed E-state index contributed by atoms with van der Waals surface area (Å²) in [6.45, 7) is -1.19. The van der Waals surface area contributed by atoms with Gasteiger partial charge in [0.05, 0.1) is 11.7 Å². The van der Waals surface area contributed by atoms with Crippen LogP contribution in [0, 0.1) is 0 Å². The molecular formula is C15H10F3N7. The van der Waals surface area contributed by atoms with Gasteiger partial charge in [-0.15, -0.1) is 5.10 Å². The molecule has 4 aromatic heterocycles. The molecule has 0 aliphatic rings. The lowest BCUT2D eigenvalue weighted by atomic mass is 10.1. The van der Waals surface area contributed by atoms with Crippen molar-refractivity contribution < 1.29 is 13.2 Å². The van der Waals surface area contributed by atoms with Crippen molar-refractivity contribution >= 4 is 22.6 Å². The second kappa shape index (κ2) is 5.65. The number of hydrogen-bond donors (Lipinski definition) is 1. The van der Waals surface area contributed by atoms with Crippen molar-refractivity contribution in [3.8, 4) is 11.1 Å². The van der Waals surface area contributed by atoms with Crippen LogP contribution in [0.15, 0.2) is 43.1 Å². The van der Waals surface area contributed by atoms with E-state index in [1.54, 1.807) is 30.9 Å². The molecule has 4 heterocycles. The standard InChI is InChI=1S/C15H10F3N7/c16-15(17,18)8-23-14-22-7-12-10(1-4-25(12)24-14)9-5-11-13(21-6-9)20-3-2-19-11/h1-7H,8H2,(H,23,24). The van der Waals surface area contributed by atoms with Crippen LogP contribution in [0.1, 0.15) is 0 Å². The SMILES string of the molecule is FC(F)(F)CNc1ncc2c(-c3cnc4nccnc4c3)ccn2n1. The first-order chi connectivity index (χ1) is 12.0. The van der Waals surface area contributed by atoms with E-state index in [2.05, 4.69) is 30.4 Å². The fourth-order valence-electron chi connectivity index (χ4n) is 2.41. The molecule has 25 heavy (non-hydrogen) atoms. The van der Waals surface area contributed by atoms with Crippen molar-refractivity contribution in [1.29, 1.82) is 0 Å². The Bertz CT molecular complexity index is 1060. The minimum absolute atomic E-state index is 0.102. The Hall–Kier alpha value is -3.30. The fraction of sp³-hybridized carbons (Fsp3) is 0.133. The largest absolute Gasteiger partial charge is 0.405 e. The van der Waals surface area contributed by atoms with Gasteiger partial charge in [0.1, 0.15) is 12.1 Å². The smallest absolute Gasteiger partial charge is 0.344 e. The van der Waals surface area contributed by atoms with Gasteiger partial charge in [0.15, 0.2) is 5.65 Å². The molecule has 0 radical (unpaired) electrons. The maximum absolute atomic E-state index is 12.3. The van der Waals surface area contributed by atoms with Crippen LogP contribution >= 0.6 is 0 Å². The highest BCUT2D eigenvalue weighted by Gasteiger charge is 2.27. The van der Waals surface area contributed by atoms with E-state index >= 15 is 0 Å². The maximum atomic E-state index is 12.3. The number of pyridine rings is 1. The van der Waals surface area contributed by atoms with Crippen molar-refractivity contribution in [2.75, 3.05) is 11.9 Å². The first-order valence-corrected chi connectivity index (χ1v) is 7.22. The van der Waals surface area contributed by atoms with Gasteiger partial charge in [-0.25, -0.2) is 19.5 Å². The van der Waals surface area contributed by atoms with E-state index in [4.69, 9.17) is 0 Å². The zero-order chi connectivity index (χ0) is 17.4. The van der Waals surface area contributed by atoms with E-state index in [0.29, 0.717) is 16.7 Å². The Morgan fingerprint density at radius 1 is 1.04 bits per heavy atom. The van der Waals surface area contributed by atoms with Crippen LogP contribution in [-0.4, -0.2) is 42.3 Å². The highest BCUT2D eigenvalue weighted by Crippen LogP contribution is 2.26. The van der Waals surface area contributed by atoms with E-state index in [9.17, 15) is 13.2 Å². The number of aromatic nitrogens is 6. The molecule has 0 atom stereocenters. The lowest BCUT2D eigenvalue weighted by Gasteiger charge is -2.08. The molecule has 4 rings (SSSR count). The average Bonchev–Trinajstić information content (AvgIpc) is 3.02. The minimum Gasteiger partial charge on any atom is -0.344 e. The number of nitrogens with zero attached hydrogens (tertiary/aromatic N) is 6. The van der Waals surface area contributed by atoms with Crippen molar-refractivity contribution in [3.05, 3.63) is 43.1 Å². The number of nitrogens with one attached hydrogen (secondary N) is 1. The van der Waals surface area contributed by atoms with Crippen LogP contribution < -0.4 is 5.32 Å². The van der Waals surface area contributed by atoms with E-state index in [0.717, 1.165) is 11.1 Å². The molecule has 0 aliphatic heterocycles. The Morgan fingerprint density at radius 2 is 1.88 bits per heavy atom. The van der Waals surface area contributed by atoms with Crippen LogP contribution in [0.25, 0.3) is 27.8 Å². The molecule has 0 saturated carbocycles. The van der Waals surface area contributed by atoms with Gasteiger partial charge in [-0.05, 0) is 12.1 Å². The summed E-state index contributed by atoms with van der Waals surface area (Å²) in [7, 11) is 0. The minimum atomic E-state index is -4.34. The zero-order valence-electron chi connectivity index (χ0n) is 12.6. The summed E-state index contributed by atoms with van der Waals surface area (Å²) in [4.78, 5) is 16.5. The highest BCUT2D eigenvalue weighted by atomic mass is 19.4. The van der Waals surface area contributed by atoms with Crippen LogP contribution in [0.2, 0.25) is 0 Å². The molecule has 0 bridgehead atoms. The van der Waals surface area contributed by atoms with Gasteiger partial charge in [-0.1, -0.05) is 0 Å². The summed E-state index contributed by atoms with van der Waals surface area (Å²) in [5.41, 5.74) is 3.40.